The van der Waals surface area contributed by atoms with Crippen LogP contribution < -0.4 is 5.32 Å². The summed E-state index contributed by atoms with van der Waals surface area (Å²) in [6.45, 7) is 0. The van der Waals surface area contributed by atoms with E-state index in [1.54, 1.807) is 12.1 Å². The van der Waals surface area contributed by atoms with Crippen LogP contribution in [0.4, 0.5) is 0 Å². The molecule has 1 atom stereocenters. The molecule has 0 saturated carbocycles. The van der Waals surface area contributed by atoms with Crippen molar-refractivity contribution >= 4 is 35.2 Å². The van der Waals surface area contributed by atoms with Crippen LogP contribution in [0.25, 0.3) is 0 Å². The Hall–Kier alpha value is -1.98. The van der Waals surface area contributed by atoms with Crippen molar-refractivity contribution in [1.29, 1.82) is 0 Å². The summed E-state index contributed by atoms with van der Waals surface area (Å²) >= 11 is 7.63. The van der Waals surface area contributed by atoms with E-state index in [1.165, 1.54) is 18.9 Å². The van der Waals surface area contributed by atoms with Crippen LogP contribution in [0.1, 0.15) is 15.9 Å². The van der Waals surface area contributed by atoms with Crippen LogP contribution in [0, 0.1) is 0 Å². The second-order valence-electron chi connectivity index (χ2n) is 5.08. The molecule has 2 rings (SSSR count). The summed E-state index contributed by atoms with van der Waals surface area (Å²) < 4.78 is 4.81. The highest BCUT2D eigenvalue weighted by Gasteiger charge is 2.23. The molecule has 126 valence electrons. The first-order valence-electron chi connectivity index (χ1n) is 7.31. The third-order valence-corrected chi connectivity index (χ3v) is 4.55. The molecule has 1 N–H and O–H groups in total. The van der Waals surface area contributed by atoms with Gasteiger partial charge in [-0.3, -0.25) is 4.79 Å². The summed E-state index contributed by atoms with van der Waals surface area (Å²) in [5.41, 5.74) is 1.27. The van der Waals surface area contributed by atoms with E-state index in [0.29, 0.717) is 17.0 Å². The average molecular weight is 364 g/mol. The number of amides is 1. The number of hydrogen-bond acceptors (Lipinski definition) is 4. The molecule has 2 aromatic rings. The molecule has 0 spiro atoms. The summed E-state index contributed by atoms with van der Waals surface area (Å²) in [7, 11) is 1.30. The zero-order valence-corrected chi connectivity index (χ0v) is 15.0. The van der Waals surface area contributed by atoms with E-state index in [2.05, 4.69) is 5.32 Å². The van der Waals surface area contributed by atoms with Crippen LogP contribution in [-0.4, -0.2) is 31.3 Å². The quantitative estimate of drug-likeness (QED) is 0.629. The Morgan fingerprint density at radius 3 is 2.54 bits per heavy atom. The molecule has 0 aliphatic heterocycles. The second kappa shape index (κ2) is 8.76. The molecule has 0 saturated heterocycles. The average Bonchev–Trinajstić information content (AvgIpc) is 2.61. The molecule has 0 aliphatic rings. The summed E-state index contributed by atoms with van der Waals surface area (Å²) in [6, 6.07) is 13.9. The van der Waals surface area contributed by atoms with Gasteiger partial charge >= 0.3 is 5.97 Å². The van der Waals surface area contributed by atoms with Gasteiger partial charge in [-0.05, 0) is 30.0 Å². The number of nitrogens with one attached hydrogen (secondary N) is 1. The number of esters is 1. The summed E-state index contributed by atoms with van der Waals surface area (Å²) in [4.78, 5) is 25.5. The number of ether oxygens (including phenoxy) is 1. The van der Waals surface area contributed by atoms with E-state index in [4.69, 9.17) is 16.3 Å². The first kappa shape index (κ1) is 18.4. The third-order valence-electron chi connectivity index (χ3n) is 3.49. The molecule has 6 heteroatoms. The van der Waals surface area contributed by atoms with Gasteiger partial charge in [0.1, 0.15) is 6.04 Å². The second-order valence-corrected chi connectivity index (χ2v) is 6.37. The van der Waals surface area contributed by atoms with Crippen molar-refractivity contribution in [3.05, 3.63) is 64.7 Å². The van der Waals surface area contributed by atoms with Crippen LogP contribution in [-0.2, 0) is 16.0 Å². The molecule has 0 bridgehead atoms. The van der Waals surface area contributed by atoms with Gasteiger partial charge in [0.2, 0.25) is 0 Å². The lowest BCUT2D eigenvalue weighted by molar-refractivity contribution is -0.142. The lowest BCUT2D eigenvalue weighted by Gasteiger charge is -2.17. The van der Waals surface area contributed by atoms with Gasteiger partial charge in [0.15, 0.2) is 0 Å². The smallest absolute Gasteiger partial charge is 0.328 e. The molecule has 4 nitrogen and oxygen atoms in total. The SMILES string of the molecule is COC(=O)[C@H](Cc1ccccc1)NC(=O)c1cc(SC)ccc1Cl. The topological polar surface area (TPSA) is 55.4 Å². The van der Waals surface area contributed by atoms with Gasteiger partial charge < -0.3 is 10.1 Å². The van der Waals surface area contributed by atoms with E-state index < -0.39 is 17.9 Å². The molecule has 24 heavy (non-hydrogen) atoms. The maximum atomic E-state index is 12.5. The van der Waals surface area contributed by atoms with Crippen LogP contribution in [0.15, 0.2) is 53.4 Å². The Labute approximate surface area is 150 Å². The highest BCUT2D eigenvalue weighted by Crippen LogP contribution is 2.23. The predicted molar refractivity (Wildman–Crippen MR) is 96.6 cm³/mol. The summed E-state index contributed by atoms with van der Waals surface area (Å²) in [5.74, 6) is -0.897. The van der Waals surface area contributed by atoms with E-state index >= 15 is 0 Å². The predicted octanol–water partition coefficient (Wildman–Crippen LogP) is 3.58. The number of carbonyl (C=O) groups excluding carboxylic acids is 2. The Morgan fingerprint density at radius 2 is 1.92 bits per heavy atom. The standard InChI is InChI=1S/C18H18ClNO3S/c1-23-18(22)16(10-12-6-4-3-5-7-12)20-17(21)14-11-13(24-2)8-9-15(14)19/h3-9,11,16H,10H2,1-2H3,(H,20,21)/t16-/m0/s1. The molecule has 0 radical (unpaired) electrons. The monoisotopic (exact) mass is 363 g/mol. The van der Waals surface area contributed by atoms with Gasteiger partial charge in [-0.2, -0.15) is 0 Å². The number of benzene rings is 2. The number of thioether (sulfide) groups is 1. The van der Waals surface area contributed by atoms with Crippen molar-refractivity contribution in [2.24, 2.45) is 0 Å². The zero-order chi connectivity index (χ0) is 17.5. The summed E-state index contributed by atoms with van der Waals surface area (Å²) in [6.07, 6.45) is 2.26. The number of methoxy groups -OCH3 is 1. The maximum Gasteiger partial charge on any atom is 0.328 e. The van der Waals surface area contributed by atoms with Crippen LogP contribution >= 0.6 is 23.4 Å². The van der Waals surface area contributed by atoms with Crippen molar-refractivity contribution in [3.8, 4) is 0 Å². The minimum Gasteiger partial charge on any atom is -0.467 e. The number of rotatable bonds is 6. The number of carbonyl (C=O) groups is 2. The fraction of sp³-hybridized carbons (Fsp3) is 0.222. The lowest BCUT2D eigenvalue weighted by Crippen LogP contribution is -2.43. The van der Waals surface area contributed by atoms with E-state index in [-0.39, 0.29) is 0 Å². The molecular weight excluding hydrogens is 346 g/mol. The van der Waals surface area contributed by atoms with Crippen LogP contribution in [0.5, 0.6) is 0 Å². The van der Waals surface area contributed by atoms with Gasteiger partial charge in [0.05, 0.1) is 17.7 Å². The zero-order valence-electron chi connectivity index (χ0n) is 13.4. The Bertz CT molecular complexity index is 721. The molecule has 0 aliphatic carbocycles. The highest BCUT2D eigenvalue weighted by atomic mass is 35.5. The maximum absolute atomic E-state index is 12.5. The van der Waals surface area contributed by atoms with Gasteiger partial charge in [0.25, 0.3) is 5.91 Å². The van der Waals surface area contributed by atoms with Crippen molar-refractivity contribution in [2.45, 2.75) is 17.4 Å². The molecular formula is C18H18ClNO3S. The third kappa shape index (κ3) is 4.76. The highest BCUT2D eigenvalue weighted by molar-refractivity contribution is 7.98. The molecule has 1 amide bonds. The van der Waals surface area contributed by atoms with Gasteiger partial charge in [-0.25, -0.2) is 4.79 Å². The fourth-order valence-corrected chi connectivity index (χ4v) is 2.87. The van der Waals surface area contributed by atoms with Gasteiger partial charge in [0, 0.05) is 11.3 Å². The van der Waals surface area contributed by atoms with E-state index in [9.17, 15) is 9.59 Å². The van der Waals surface area contributed by atoms with E-state index in [1.807, 2.05) is 42.7 Å². The molecule has 0 unspecified atom stereocenters. The first-order chi connectivity index (χ1) is 11.5. The van der Waals surface area contributed by atoms with Gasteiger partial charge in [-0.1, -0.05) is 41.9 Å². The fourth-order valence-electron chi connectivity index (χ4n) is 2.23. The minimum atomic E-state index is -0.779. The molecule has 0 fully saturated rings. The Kier molecular flexibility index (Phi) is 6.70. The normalized spacial score (nSPS) is 11.6. The van der Waals surface area contributed by atoms with Crippen LogP contribution in [0.2, 0.25) is 5.02 Å². The van der Waals surface area contributed by atoms with Crippen molar-refractivity contribution in [3.63, 3.8) is 0 Å². The van der Waals surface area contributed by atoms with Gasteiger partial charge in [-0.15, -0.1) is 11.8 Å². The van der Waals surface area contributed by atoms with Crippen molar-refractivity contribution in [1.82, 2.24) is 5.32 Å². The largest absolute Gasteiger partial charge is 0.467 e. The lowest BCUT2D eigenvalue weighted by atomic mass is 10.1. The van der Waals surface area contributed by atoms with Crippen LogP contribution in [0.3, 0.4) is 0 Å². The molecule has 0 heterocycles. The Balaban J connectivity index is 2.20. The number of hydrogen-bond donors (Lipinski definition) is 1. The summed E-state index contributed by atoms with van der Waals surface area (Å²) in [5, 5.41) is 3.06. The first-order valence-corrected chi connectivity index (χ1v) is 8.91. The number of halogens is 1. The van der Waals surface area contributed by atoms with Crippen molar-refractivity contribution < 1.29 is 14.3 Å². The van der Waals surface area contributed by atoms with E-state index in [0.717, 1.165) is 10.5 Å². The molecule has 0 aromatic heterocycles. The van der Waals surface area contributed by atoms with Crippen molar-refractivity contribution in [2.75, 3.05) is 13.4 Å². The minimum absolute atomic E-state index is 0.338. The Morgan fingerprint density at radius 1 is 1.21 bits per heavy atom. The molecule has 2 aromatic carbocycles.